The number of nitrogens with one attached hydrogen (secondary N) is 1. The Balaban J connectivity index is 2.01. The predicted octanol–water partition coefficient (Wildman–Crippen LogP) is 3.34. The van der Waals surface area contributed by atoms with Gasteiger partial charge in [0.2, 0.25) is 5.43 Å². The first-order chi connectivity index (χ1) is 12.2. The molecule has 0 fully saturated rings. The first kappa shape index (κ1) is 17.6. The third kappa shape index (κ3) is 3.28. The molecule has 0 aliphatic heterocycles. The minimum atomic E-state index is -4.57. The van der Waals surface area contributed by atoms with Crippen molar-refractivity contribution in [2.45, 2.75) is 6.18 Å². The zero-order valence-corrected chi connectivity index (χ0v) is 13.3. The molecule has 1 N–H and O–H groups in total. The van der Waals surface area contributed by atoms with Gasteiger partial charge in [0.15, 0.2) is 5.69 Å². The molecule has 5 nitrogen and oxygen atoms in total. The van der Waals surface area contributed by atoms with Gasteiger partial charge in [0.05, 0.1) is 16.5 Å². The van der Waals surface area contributed by atoms with E-state index < -0.39 is 34.6 Å². The second-order valence-corrected chi connectivity index (χ2v) is 5.50. The van der Waals surface area contributed by atoms with Crippen molar-refractivity contribution >= 4 is 22.5 Å². The average molecular weight is 365 g/mol. The standard InChI is InChI=1S/C17H11F4N3O2/c1-24-13-6-5-10(18)8-12(13)15(25)14(23-24)16(26)22-11-4-2-3-9(7-11)17(19,20)21/h2-8H,1H3,(H,22,26). The molecule has 1 aromatic heterocycles. The van der Waals surface area contributed by atoms with E-state index >= 15 is 0 Å². The molecule has 0 aliphatic carbocycles. The van der Waals surface area contributed by atoms with E-state index in [9.17, 15) is 27.2 Å². The maximum Gasteiger partial charge on any atom is 0.416 e. The predicted molar refractivity (Wildman–Crippen MR) is 86.3 cm³/mol. The number of aromatic nitrogens is 2. The lowest BCUT2D eigenvalue weighted by atomic mass is 10.1. The van der Waals surface area contributed by atoms with Gasteiger partial charge in [-0.1, -0.05) is 6.07 Å². The number of hydrogen-bond donors (Lipinski definition) is 1. The number of benzene rings is 2. The van der Waals surface area contributed by atoms with Crippen molar-refractivity contribution in [1.29, 1.82) is 0 Å². The van der Waals surface area contributed by atoms with Crippen LogP contribution in [0.1, 0.15) is 16.1 Å². The van der Waals surface area contributed by atoms with Crippen LogP contribution in [0.3, 0.4) is 0 Å². The van der Waals surface area contributed by atoms with E-state index in [4.69, 9.17) is 0 Å². The van der Waals surface area contributed by atoms with Crippen LogP contribution in [0.15, 0.2) is 47.3 Å². The van der Waals surface area contributed by atoms with E-state index in [2.05, 4.69) is 10.4 Å². The van der Waals surface area contributed by atoms with Gasteiger partial charge in [0.1, 0.15) is 5.82 Å². The Morgan fingerprint density at radius 1 is 1.15 bits per heavy atom. The third-order valence-corrected chi connectivity index (χ3v) is 3.68. The summed E-state index contributed by atoms with van der Waals surface area (Å²) in [5.74, 6) is -1.65. The molecule has 1 amide bonds. The molecular weight excluding hydrogens is 354 g/mol. The highest BCUT2D eigenvalue weighted by molar-refractivity contribution is 6.04. The number of alkyl halides is 3. The molecule has 1 heterocycles. The largest absolute Gasteiger partial charge is 0.416 e. The van der Waals surface area contributed by atoms with Gasteiger partial charge in [-0.2, -0.15) is 18.3 Å². The summed E-state index contributed by atoms with van der Waals surface area (Å²) in [4.78, 5) is 24.7. The van der Waals surface area contributed by atoms with Gasteiger partial charge in [0, 0.05) is 12.7 Å². The zero-order chi connectivity index (χ0) is 19.1. The summed E-state index contributed by atoms with van der Waals surface area (Å²) in [6, 6.07) is 7.42. The molecule has 9 heteroatoms. The summed E-state index contributed by atoms with van der Waals surface area (Å²) in [5, 5.41) is 6.00. The summed E-state index contributed by atoms with van der Waals surface area (Å²) in [6.07, 6.45) is -4.57. The summed E-state index contributed by atoms with van der Waals surface area (Å²) in [7, 11) is 1.46. The highest BCUT2D eigenvalue weighted by Crippen LogP contribution is 2.30. The van der Waals surface area contributed by atoms with Crippen LogP contribution in [0.25, 0.3) is 10.9 Å². The highest BCUT2D eigenvalue weighted by Gasteiger charge is 2.30. The van der Waals surface area contributed by atoms with Crippen molar-refractivity contribution in [3.05, 3.63) is 69.8 Å². The number of halogens is 4. The number of carbonyl (C=O) groups is 1. The third-order valence-electron chi connectivity index (χ3n) is 3.68. The van der Waals surface area contributed by atoms with Crippen LogP contribution < -0.4 is 10.7 Å². The maximum absolute atomic E-state index is 13.4. The molecule has 0 spiro atoms. The van der Waals surface area contributed by atoms with Gasteiger partial charge >= 0.3 is 6.18 Å². The molecule has 26 heavy (non-hydrogen) atoms. The van der Waals surface area contributed by atoms with Gasteiger partial charge in [-0.3, -0.25) is 14.3 Å². The van der Waals surface area contributed by atoms with Gasteiger partial charge in [0.25, 0.3) is 5.91 Å². The molecule has 134 valence electrons. The summed E-state index contributed by atoms with van der Waals surface area (Å²) in [6.45, 7) is 0. The fraction of sp³-hybridized carbons (Fsp3) is 0.118. The Bertz CT molecular complexity index is 1070. The Labute approximate surface area is 143 Å². The smallest absolute Gasteiger partial charge is 0.320 e. The van der Waals surface area contributed by atoms with Gasteiger partial charge in [-0.05, 0) is 36.4 Å². The molecule has 0 aliphatic rings. The minimum absolute atomic E-state index is 0.0586. The number of carbonyl (C=O) groups excluding carboxylic acids is 1. The number of amides is 1. The molecule has 0 bridgehead atoms. The minimum Gasteiger partial charge on any atom is -0.320 e. The topological polar surface area (TPSA) is 64.0 Å². The van der Waals surface area contributed by atoms with Crippen molar-refractivity contribution < 1.29 is 22.4 Å². The van der Waals surface area contributed by atoms with Gasteiger partial charge in [-0.25, -0.2) is 4.39 Å². The van der Waals surface area contributed by atoms with E-state index in [1.807, 2.05) is 0 Å². The van der Waals surface area contributed by atoms with Crippen LogP contribution in [0.2, 0.25) is 0 Å². The summed E-state index contributed by atoms with van der Waals surface area (Å²) >= 11 is 0. The molecule has 0 saturated carbocycles. The zero-order valence-electron chi connectivity index (χ0n) is 13.3. The Hall–Kier alpha value is -3.23. The Morgan fingerprint density at radius 3 is 2.58 bits per heavy atom. The fourth-order valence-corrected chi connectivity index (χ4v) is 2.46. The van der Waals surface area contributed by atoms with Crippen molar-refractivity contribution in [2.75, 3.05) is 5.32 Å². The average Bonchev–Trinajstić information content (AvgIpc) is 2.57. The number of rotatable bonds is 2. The first-order valence-corrected chi connectivity index (χ1v) is 7.32. The second-order valence-electron chi connectivity index (χ2n) is 5.50. The number of nitrogens with zero attached hydrogens (tertiary/aromatic N) is 2. The van der Waals surface area contributed by atoms with Crippen LogP contribution >= 0.6 is 0 Å². The van der Waals surface area contributed by atoms with Crippen LogP contribution in [0, 0.1) is 5.82 Å². The van der Waals surface area contributed by atoms with E-state index in [0.717, 1.165) is 30.3 Å². The molecule has 3 rings (SSSR count). The number of hydrogen-bond acceptors (Lipinski definition) is 3. The molecular formula is C17H11F4N3O2. The number of fused-ring (bicyclic) bond motifs is 1. The molecule has 0 saturated heterocycles. The van der Waals surface area contributed by atoms with Crippen LogP contribution in [-0.4, -0.2) is 15.7 Å². The highest BCUT2D eigenvalue weighted by atomic mass is 19.4. The Morgan fingerprint density at radius 2 is 1.88 bits per heavy atom. The van der Waals surface area contributed by atoms with E-state index in [1.54, 1.807) is 0 Å². The summed E-state index contributed by atoms with van der Waals surface area (Å²) < 4.78 is 52.9. The van der Waals surface area contributed by atoms with Gasteiger partial charge < -0.3 is 5.32 Å². The molecule has 2 aromatic carbocycles. The summed E-state index contributed by atoms with van der Waals surface area (Å²) in [5.41, 5.74) is -2.15. The van der Waals surface area contributed by atoms with Crippen molar-refractivity contribution in [1.82, 2.24) is 9.78 Å². The van der Waals surface area contributed by atoms with Gasteiger partial charge in [-0.15, -0.1) is 0 Å². The van der Waals surface area contributed by atoms with E-state index in [0.29, 0.717) is 5.52 Å². The fourth-order valence-electron chi connectivity index (χ4n) is 2.46. The second kappa shape index (κ2) is 6.25. The lowest BCUT2D eigenvalue weighted by Gasteiger charge is -2.11. The molecule has 0 unspecified atom stereocenters. The van der Waals surface area contributed by atoms with Crippen molar-refractivity contribution in [2.24, 2.45) is 7.05 Å². The SMILES string of the molecule is Cn1nc(C(=O)Nc2cccc(C(F)(F)F)c2)c(=O)c2cc(F)ccc21. The normalized spacial score (nSPS) is 11.6. The monoisotopic (exact) mass is 365 g/mol. The van der Waals surface area contributed by atoms with E-state index in [-0.39, 0.29) is 11.1 Å². The van der Waals surface area contributed by atoms with Crippen molar-refractivity contribution in [3.63, 3.8) is 0 Å². The number of aryl methyl sites for hydroxylation is 1. The first-order valence-electron chi connectivity index (χ1n) is 7.32. The number of anilines is 1. The lowest BCUT2D eigenvalue weighted by molar-refractivity contribution is -0.137. The molecule has 0 atom stereocenters. The maximum atomic E-state index is 13.4. The quantitative estimate of drug-likeness (QED) is 0.709. The van der Waals surface area contributed by atoms with Crippen LogP contribution in [0.5, 0.6) is 0 Å². The van der Waals surface area contributed by atoms with E-state index in [1.165, 1.54) is 23.9 Å². The van der Waals surface area contributed by atoms with Crippen LogP contribution in [-0.2, 0) is 13.2 Å². The Kier molecular flexibility index (Phi) is 4.23. The lowest BCUT2D eigenvalue weighted by Crippen LogP contribution is -2.26. The molecule has 3 aromatic rings. The van der Waals surface area contributed by atoms with Crippen molar-refractivity contribution in [3.8, 4) is 0 Å². The van der Waals surface area contributed by atoms with Crippen LogP contribution in [0.4, 0.5) is 23.2 Å². The molecule has 0 radical (unpaired) electrons.